The predicted octanol–water partition coefficient (Wildman–Crippen LogP) is 3.74. The summed E-state index contributed by atoms with van der Waals surface area (Å²) >= 11 is 0. The van der Waals surface area contributed by atoms with Gasteiger partial charge in [0.05, 0.1) is 24.9 Å². The molecule has 1 atom stereocenters. The number of carbonyl (C=O) groups excluding carboxylic acids is 1. The molecule has 3 aromatic rings. The van der Waals surface area contributed by atoms with Crippen LogP contribution in [0.5, 0.6) is 5.75 Å². The van der Waals surface area contributed by atoms with Crippen LogP contribution < -0.4 is 15.0 Å². The van der Waals surface area contributed by atoms with Gasteiger partial charge in [0, 0.05) is 26.2 Å². The largest absolute Gasteiger partial charge is 0.497 e. The number of benzene rings is 2. The van der Waals surface area contributed by atoms with Gasteiger partial charge in [0.25, 0.3) is 0 Å². The molecule has 0 spiro atoms. The van der Waals surface area contributed by atoms with Gasteiger partial charge in [0.2, 0.25) is 5.91 Å². The van der Waals surface area contributed by atoms with E-state index < -0.39 is 0 Å². The van der Waals surface area contributed by atoms with Gasteiger partial charge in [-0.3, -0.25) is 4.79 Å². The Balaban J connectivity index is 1.42. The van der Waals surface area contributed by atoms with Crippen LogP contribution in [0.1, 0.15) is 18.4 Å². The minimum atomic E-state index is -0.270. The number of carbonyl (C=O) groups is 1. The Morgan fingerprint density at radius 1 is 1.03 bits per heavy atom. The molecule has 0 bridgehead atoms. The van der Waals surface area contributed by atoms with E-state index in [1.807, 2.05) is 49.4 Å². The van der Waals surface area contributed by atoms with Gasteiger partial charge in [0.15, 0.2) is 0 Å². The van der Waals surface area contributed by atoms with Gasteiger partial charge in [-0.2, -0.15) is 0 Å². The summed E-state index contributed by atoms with van der Waals surface area (Å²) in [5, 5.41) is 5.18. The average molecular weight is 405 g/mol. The molecule has 1 aliphatic rings. The smallest absolute Gasteiger partial charge is 0.231 e. The Bertz CT molecular complexity index is 1030. The topological polar surface area (TPSA) is 57.7 Å². The van der Waals surface area contributed by atoms with Gasteiger partial charge < -0.3 is 19.9 Å². The molecular weight excluding hydrogens is 376 g/mol. The minimum absolute atomic E-state index is 0.0444. The molecule has 30 heavy (non-hydrogen) atoms. The summed E-state index contributed by atoms with van der Waals surface area (Å²) < 4.78 is 5.28. The van der Waals surface area contributed by atoms with Crippen molar-refractivity contribution in [2.24, 2.45) is 0 Å². The first kappa shape index (κ1) is 20.2. The second kappa shape index (κ2) is 8.71. The number of likely N-dealkylation sites (N-methyl/N-ethyl adjacent to an activating group) is 1. The standard InChI is InChI=1S/C24H28N4O2/c1-17(18-4-5-20-15-22(30-3)8-6-19(20)14-18)24(29)26-21-7-9-23(25-16-21)28-12-10-27(2)11-13-28/h4-9,14-17H,10-13H2,1-3H3,(H,26,29)/t17-/m1/s1. The zero-order valence-electron chi connectivity index (χ0n) is 17.8. The van der Waals surface area contributed by atoms with Crippen LogP contribution in [-0.4, -0.2) is 56.1 Å². The zero-order chi connectivity index (χ0) is 21.1. The van der Waals surface area contributed by atoms with Crippen LogP contribution in [0.15, 0.2) is 54.7 Å². The highest BCUT2D eigenvalue weighted by molar-refractivity contribution is 5.96. The number of ether oxygens (including phenoxy) is 1. The second-order valence-corrected chi connectivity index (χ2v) is 7.88. The number of pyridine rings is 1. The number of amides is 1. The fourth-order valence-corrected chi connectivity index (χ4v) is 3.72. The summed E-state index contributed by atoms with van der Waals surface area (Å²) in [5.41, 5.74) is 1.70. The van der Waals surface area contributed by atoms with E-state index in [4.69, 9.17) is 4.74 Å². The first-order valence-electron chi connectivity index (χ1n) is 10.3. The highest BCUT2D eigenvalue weighted by Crippen LogP contribution is 2.26. The molecule has 1 amide bonds. The van der Waals surface area contributed by atoms with Gasteiger partial charge in [-0.05, 0) is 54.6 Å². The van der Waals surface area contributed by atoms with E-state index in [-0.39, 0.29) is 11.8 Å². The Morgan fingerprint density at radius 2 is 1.77 bits per heavy atom. The minimum Gasteiger partial charge on any atom is -0.497 e. The van der Waals surface area contributed by atoms with Gasteiger partial charge in [-0.25, -0.2) is 4.98 Å². The van der Waals surface area contributed by atoms with Crippen LogP contribution in [0.2, 0.25) is 0 Å². The maximum Gasteiger partial charge on any atom is 0.231 e. The third-order valence-electron chi connectivity index (χ3n) is 5.81. The van der Waals surface area contributed by atoms with Gasteiger partial charge in [-0.15, -0.1) is 0 Å². The number of anilines is 2. The Kier molecular flexibility index (Phi) is 5.86. The van der Waals surface area contributed by atoms with Crippen molar-refractivity contribution in [1.29, 1.82) is 0 Å². The SMILES string of the molecule is COc1ccc2cc([C@@H](C)C(=O)Nc3ccc(N4CCN(C)CC4)nc3)ccc2c1. The number of rotatable bonds is 5. The lowest BCUT2D eigenvalue weighted by Gasteiger charge is -2.33. The molecule has 4 rings (SSSR count). The Morgan fingerprint density at radius 3 is 2.47 bits per heavy atom. The number of fused-ring (bicyclic) bond motifs is 1. The molecule has 6 nitrogen and oxygen atoms in total. The van der Waals surface area contributed by atoms with Crippen LogP contribution in [-0.2, 0) is 4.79 Å². The molecule has 0 saturated carbocycles. The lowest BCUT2D eigenvalue weighted by Crippen LogP contribution is -2.44. The molecule has 2 heterocycles. The third kappa shape index (κ3) is 4.39. The van der Waals surface area contributed by atoms with Crippen molar-refractivity contribution in [3.63, 3.8) is 0 Å². The van der Waals surface area contributed by atoms with Crippen LogP contribution in [0.25, 0.3) is 10.8 Å². The van der Waals surface area contributed by atoms with Gasteiger partial charge in [0.1, 0.15) is 11.6 Å². The van der Waals surface area contributed by atoms with E-state index in [0.29, 0.717) is 0 Å². The van der Waals surface area contributed by atoms with Crippen LogP contribution >= 0.6 is 0 Å². The number of piperazine rings is 1. The lowest BCUT2D eigenvalue weighted by molar-refractivity contribution is -0.117. The molecule has 0 radical (unpaired) electrons. The van der Waals surface area contributed by atoms with Crippen molar-refractivity contribution in [2.45, 2.75) is 12.8 Å². The summed E-state index contributed by atoms with van der Waals surface area (Å²) in [6.07, 6.45) is 1.74. The second-order valence-electron chi connectivity index (χ2n) is 7.88. The molecule has 6 heteroatoms. The average Bonchev–Trinajstić information content (AvgIpc) is 2.79. The van der Waals surface area contributed by atoms with E-state index in [1.54, 1.807) is 13.3 Å². The highest BCUT2D eigenvalue weighted by atomic mass is 16.5. The van der Waals surface area contributed by atoms with Crippen LogP contribution in [0.3, 0.4) is 0 Å². The molecule has 1 fully saturated rings. The van der Waals surface area contributed by atoms with E-state index in [9.17, 15) is 4.79 Å². The number of aromatic nitrogens is 1. The summed E-state index contributed by atoms with van der Waals surface area (Å²) in [7, 11) is 3.80. The zero-order valence-corrected chi connectivity index (χ0v) is 17.8. The van der Waals surface area contributed by atoms with Crippen molar-refractivity contribution < 1.29 is 9.53 Å². The molecule has 2 aromatic carbocycles. The van der Waals surface area contributed by atoms with Crippen molar-refractivity contribution in [3.8, 4) is 5.75 Å². The van der Waals surface area contributed by atoms with E-state index in [0.717, 1.165) is 59.8 Å². The van der Waals surface area contributed by atoms with Crippen molar-refractivity contribution >= 4 is 28.2 Å². The summed E-state index contributed by atoms with van der Waals surface area (Å²) in [6, 6.07) is 16.0. The Labute approximate surface area is 177 Å². The lowest BCUT2D eigenvalue weighted by atomic mass is 9.97. The highest BCUT2D eigenvalue weighted by Gasteiger charge is 2.18. The predicted molar refractivity (Wildman–Crippen MR) is 121 cm³/mol. The van der Waals surface area contributed by atoms with E-state index in [2.05, 4.69) is 33.2 Å². The fraction of sp³-hybridized carbons (Fsp3) is 0.333. The summed E-state index contributed by atoms with van der Waals surface area (Å²) in [4.78, 5) is 21.9. The number of hydrogen-bond acceptors (Lipinski definition) is 5. The van der Waals surface area contributed by atoms with Crippen molar-refractivity contribution in [2.75, 3.05) is 50.6 Å². The molecule has 1 N–H and O–H groups in total. The number of nitrogens with one attached hydrogen (secondary N) is 1. The van der Waals surface area contributed by atoms with Crippen molar-refractivity contribution in [3.05, 3.63) is 60.3 Å². The molecule has 1 saturated heterocycles. The molecule has 156 valence electrons. The summed E-state index contributed by atoms with van der Waals surface area (Å²) in [5.74, 6) is 1.47. The number of nitrogens with zero attached hydrogens (tertiary/aromatic N) is 3. The third-order valence-corrected chi connectivity index (χ3v) is 5.81. The maximum absolute atomic E-state index is 12.8. The maximum atomic E-state index is 12.8. The van der Waals surface area contributed by atoms with Crippen LogP contribution in [0.4, 0.5) is 11.5 Å². The van der Waals surface area contributed by atoms with Gasteiger partial charge in [-0.1, -0.05) is 24.3 Å². The van der Waals surface area contributed by atoms with E-state index >= 15 is 0 Å². The monoisotopic (exact) mass is 404 g/mol. The summed E-state index contributed by atoms with van der Waals surface area (Å²) in [6.45, 7) is 5.94. The first-order valence-corrected chi connectivity index (χ1v) is 10.3. The molecule has 0 unspecified atom stereocenters. The van der Waals surface area contributed by atoms with E-state index in [1.165, 1.54) is 0 Å². The quantitative estimate of drug-likeness (QED) is 0.702. The molecule has 0 aliphatic carbocycles. The fourth-order valence-electron chi connectivity index (χ4n) is 3.72. The molecule has 1 aliphatic heterocycles. The molecule has 1 aromatic heterocycles. The number of hydrogen-bond donors (Lipinski definition) is 1. The number of methoxy groups -OCH3 is 1. The van der Waals surface area contributed by atoms with Crippen molar-refractivity contribution in [1.82, 2.24) is 9.88 Å². The van der Waals surface area contributed by atoms with Gasteiger partial charge >= 0.3 is 0 Å². The Hall–Kier alpha value is -3.12. The first-order chi connectivity index (χ1) is 14.5. The normalized spacial score (nSPS) is 15.8. The van der Waals surface area contributed by atoms with Crippen LogP contribution in [0, 0.1) is 0 Å². The molecular formula is C24H28N4O2.